The molecular formula is C27H41N3O6. The maximum absolute atomic E-state index is 13.4. The molecule has 9 nitrogen and oxygen atoms in total. The Balaban J connectivity index is 2.15. The number of esters is 1. The fraction of sp³-hybridized carbons (Fsp3) is 0.630. The summed E-state index contributed by atoms with van der Waals surface area (Å²) in [7, 11) is 1.49. The first-order valence-electron chi connectivity index (χ1n) is 12.6. The lowest BCUT2D eigenvalue weighted by Crippen LogP contribution is -2.57. The van der Waals surface area contributed by atoms with Crippen LogP contribution < -0.4 is 5.32 Å². The van der Waals surface area contributed by atoms with Gasteiger partial charge in [-0.15, -0.1) is 0 Å². The van der Waals surface area contributed by atoms with Gasteiger partial charge in [0.05, 0.1) is 6.42 Å². The Morgan fingerprint density at radius 1 is 1.03 bits per heavy atom. The van der Waals surface area contributed by atoms with Gasteiger partial charge in [-0.2, -0.15) is 0 Å². The molecule has 36 heavy (non-hydrogen) atoms. The van der Waals surface area contributed by atoms with Gasteiger partial charge in [0, 0.05) is 20.1 Å². The highest BCUT2D eigenvalue weighted by Crippen LogP contribution is 2.17. The number of ether oxygens (including phenoxy) is 2. The van der Waals surface area contributed by atoms with Gasteiger partial charge in [-0.3, -0.25) is 19.3 Å². The Hall–Kier alpha value is -3.10. The lowest BCUT2D eigenvalue weighted by Gasteiger charge is -2.34. The molecule has 0 spiro atoms. The van der Waals surface area contributed by atoms with Crippen LogP contribution in [0.25, 0.3) is 0 Å². The van der Waals surface area contributed by atoms with Crippen molar-refractivity contribution in [1.29, 1.82) is 0 Å². The third kappa shape index (κ3) is 9.17. The predicted molar refractivity (Wildman–Crippen MR) is 136 cm³/mol. The highest BCUT2D eigenvalue weighted by atomic mass is 16.6. The number of benzene rings is 1. The maximum Gasteiger partial charge on any atom is 0.410 e. The molecule has 2 rings (SSSR count). The second-order valence-electron chi connectivity index (χ2n) is 10.6. The first-order chi connectivity index (χ1) is 16.9. The fourth-order valence-electron chi connectivity index (χ4n) is 4.13. The van der Waals surface area contributed by atoms with Gasteiger partial charge in [0.25, 0.3) is 0 Å². The number of nitrogens with zero attached hydrogens (tertiary/aromatic N) is 2. The largest absolute Gasteiger partial charge is 0.461 e. The quantitative estimate of drug-likeness (QED) is 0.517. The summed E-state index contributed by atoms with van der Waals surface area (Å²) in [5.74, 6) is -1.69. The smallest absolute Gasteiger partial charge is 0.410 e. The second-order valence-corrected chi connectivity index (χ2v) is 10.6. The number of hydrogen-bond acceptors (Lipinski definition) is 6. The summed E-state index contributed by atoms with van der Waals surface area (Å²) < 4.78 is 10.8. The molecule has 9 heteroatoms. The molecule has 0 unspecified atom stereocenters. The Morgan fingerprint density at radius 3 is 2.19 bits per heavy atom. The van der Waals surface area contributed by atoms with Crippen LogP contribution in [0.2, 0.25) is 0 Å². The first kappa shape index (κ1) is 29.1. The number of rotatable bonds is 9. The molecule has 2 atom stereocenters. The minimum atomic E-state index is -1.09. The maximum atomic E-state index is 13.4. The Morgan fingerprint density at radius 2 is 1.64 bits per heavy atom. The topological polar surface area (TPSA) is 105 Å². The van der Waals surface area contributed by atoms with Crippen molar-refractivity contribution in [2.45, 2.75) is 84.6 Å². The summed E-state index contributed by atoms with van der Waals surface area (Å²) in [5, 5.41) is 2.74. The van der Waals surface area contributed by atoms with Crippen LogP contribution in [0.4, 0.5) is 4.79 Å². The van der Waals surface area contributed by atoms with Gasteiger partial charge in [0.15, 0.2) is 0 Å². The van der Waals surface area contributed by atoms with Crippen LogP contribution in [0.1, 0.15) is 65.9 Å². The molecule has 1 N–H and O–H groups in total. The molecule has 0 bridgehead atoms. The van der Waals surface area contributed by atoms with Crippen LogP contribution in [-0.4, -0.2) is 71.5 Å². The average Bonchev–Trinajstić information content (AvgIpc) is 2.81. The van der Waals surface area contributed by atoms with Gasteiger partial charge < -0.3 is 19.7 Å². The van der Waals surface area contributed by atoms with E-state index < -0.39 is 35.7 Å². The third-order valence-corrected chi connectivity index (χ3v) is 5.89. The number of carbonyl (C=O) groups is 4. The van der Waals surface area contributed by atoms with E-state index in [1.54, 1.807) is 39.5 Å². The number of nitrogens with one attached hydrogen (secondary N) is 1. The second kappa shape index (κ2) is 13.3. The molecule has 1 aromatic carbocycles. The van der Waals surface area contributed by atoms with Crippen molar-refractivity contribution < 1.29 is 28.7 Å². The summed E-state index contributed by atoms with van der Waals surface area (Å²) in [6, 6.07) is 7.26. The normalized spacial score (nSPS) is 15.6. The molecule has 1 heterocycles. The molecule has 3 amide bonds. The lowest BCUT2D eigenvalue weighted by atomic mass is 10.0. The van der Waals surface area contributed by atoms with Crippen LogP contribution in [0, 0.1) is 5.92 Å². The van der Waals surface area contributed by atoms with E-state index in [-0.39, 0.29) is 24.9 Å². The van der Waals surface area contributed by atoms with Gasteiger partial charge in [-0.25, -0.2) is 4.79 Å². The number of piperidine rings is 1. The minimum Gasteiger partial charge on any atom is -0.461 e. The summed E-state index contributed by atoms with van der Waals surface area (Å²) >= 11 is 0. The van der Waals surface area contributed by atoms with Gasteiger partial charge in [0.2, 0.25) is 11.8 Å². The zero-order valence-corrected chi connectivity index (χ0v) is 22.4. The Kier molecular flexibility index (Phi) is 10.7. The molecular weight excluding hydrogens is 462 g/mol. The fourth-order valence-corrected chi connectivity index (χ4v) is 4.13. The summed E-state index contributed by atoms with van der Waals surface area (Å²) in [6.45, 7) is 10.1. The average molecular weight is 504 g/mol. The van der Waals surface area contributed by atoms with Gasteiger partial charge >= 0.3 is 12.1 Å². The number of carbonyl (C=O) groups excluding carboxylic acids is 4. The van der Waals surface area contributed by atoms with Gasteiger partial charge in [-0.1, -0.05) is 44.2 Å². The van der Waals surface area contributed by atoms with Crippen LogP contribution in [0.5, 0.6) is 0 Å². The van der Waals surface area contributed by atoms with Gasteiger partial charge in [0.1, 0.15) is 24.3 Å². The minimum absolute atomic E-state index is 0.0776. The van der Waals surface area contributed by atoms with Crippen molar-refractivity contribution in [2.24, 2.45) is 5.92 Å². The van der Waals surface area contributed by atoms with E-state index in [1.807, 2.05) is 30.3 Å². The van der Waals surface area contributed by atoms with Crippen molar-refractivity contribution in [3.63, 3.8) is 0 Å². The molecule has 1 aromatic rings. The molecule has 1 aliphatic heterocycles. The van der Waals surface area contributed by atoms with Crippen LogP contribution in [0.15, 0.2) is 30.3 Å². The Bertz CT molecular complexity index is 891. The molecule has 1 fully saturated rings. The van der Waals surface area contributed by atoms with E-state index in [0.717, 1.165) is 24.8 Å². The van der Waals surface area contributed by atoms with E-state index in [9.17, 15) is 19.2 Å². The van der Waals surface area contributed by atoms with Crippen molar-refractivity contribution in [2.75, 3.05) is 20.1 Å². The first-order valence-corrected chi connectivity index (χ1v) is 12.6. The van der Waals surface area contributed by atoms with Crippen LogP contribution >= 0.6 is 0 Å². The number of amides is 3. The summed E-state index contributed by atoms with van der Waals surface area (Å²) in [4.78, 5) is 54.9. The summed E-state index contributed by atoms with van der Waals surface area (Å²) in [5.41, 5.74) is 0.103. The van der Waals surface area contributed by atoms with E-state index in [0.29, 0.717) is 13.1 Å². The van der Waals surface area contributed by atoms with E-state index in [4.69, 9.17) is 9.47 Å². The zero-order valence-electron chi connectivity index (χ0n) is 22.4. The molecule has 1 aliphatic rings. The SMILES string of the molecule is CC(C)[C@@H](C(=O)N[C@@H](CC(=O)OCc1ccccc1)C(=O)N1CCCCC1)N(C)C(=O)OC(C)(C)C. The molecule has 200 valence electrons. The van der Waals surface area contributed by atoms with Crippen molar-refractivity contribution in [3.05, 3.63) is 35.9 Å². The van der Waals surface area contributed by atoms with Crippen molar-refractivity contribution >= 4 is 23.9 Å². The molecule has 0 aliphatic carbocycles. The van der Waals surface area contributed by atoms with Crippen LogP contribution in [-0.2, 0) is 30.5 Å². The highest BCUT2D eigenvalue weighted by Gasteiger charge is 2.36. The monoisotopic (exact) mass is 503 g/mol. The number of likely N-dealkylation sites (tertiary alicyclic amines) is 1. The van der Waals surface area contributed by atoms with Crippen molar-refractivity contribution in [1.82, 2.24) is 15.1 Å². The molecule has 0 radical (unpaired) electrons. The molecule has 0 saturated carbocycles. The standard InChI is InChI=1S/C27H41N3O6/c1-19(2)23(29(6)26(34)36-27(3,4)5)24(32)28-21(25(33)30-15-11-8-12-16-30)17-22(31)35-18-20-13-9-7-10-14-20/h7,9-10,13-14,19,21,23H,8,11-12,15-18H2,1-6H3,(H,28,32)/t21-,23-/m0/s1. The number of likely N-dealkylation sites (N-methyl/N-ethyl adjacent to an activating group) is 1. The molecule has 1 saturated heterocycles. The van der Waals surface area contributed by atoms with Crippen molar-refractivity contribution in [3.8, 4) is 0 Å². The van der Waals surface area contributed by atoms with Gasteiger partial charge in [-0.05, 0) is 51.5 Å². The lowest BCUT2D eigenvalue weighted by molar-refractivity contribution is -0.149. The van der Waals surface area contributed by atoms with Crippen LogP contribution in [0.3, 0.4) is 0 Å². The number of hydrogen-bond donors (Lipinski definition) is 1. The zero-order chi connectivity index (χ0) is 26.9. The molecule has 0 aromatic heterocycles. The predicted octanol–water partition coefficient (Wildman–Crippen LogP) is 3.51. The van der Waals surface area contributed by atoms with E-state index in [2.05, 4.69) is 5.32 Å². The van der Waals surface area contributed by atoms with E-state index in [1.165, 1.54) is 11.9 Å². The van der Waals surface area contributed by atoms with E-state index >= 15 is 0 Å². The Labute approximate surface area is 214 Å². The third-order valence-electron chi connectivity index (χ3n) is 5.89. The highest BCUT2D eigenvalue weighted by molar-refractivity contribution is 5.93. The summed E-state index contributed by atoms with van der Waals surface area (Å²) in [6.07, 6.45) is 1.85.